The van der Waals surface area contributed by atoms with Gasteiger partial charge >= 0.3 is 5.97 Å². The smallest absolute Gasteiger partial charge is 0.303 e. The van der Waals surface area contributed by atoms with Crippen LogP contribution in [0.1, 0.15) is 18.4 Å². The van der Waals surface area contributed by atoms with E-state index in [1.54, 1.807) is 35.6 Å². The van der Waals surface area contributed by atoms with E-state index >= 15 is 0 Å². The molecule has 1 heterocycles. The molecule has 0 radical (unpaired) electrons. The minimum absolute atomic E-state index is 0.164. The number of phenols is 1. The molecule has 0 unspecified atom stereocenters. The molecule has 0 aliphatic carbocycles. The fraction of sp³-hybridized carbons (Fsp3) is 0.125. The molecule has 0 aliphatic rings. The Balaban J connectivity index is 0.000000170. The third-order valence-corrected chi connectivity index (χ3v) is 5.51. The molecule has 0 aliphatic heterocycles. The van der Waals surface area contributed by atoms with Gasteiger partial charge < -0.3 is 10.2 Å². The number of carbonyl (C=O) groups is 1. The van der Waals surface area contributed by atoms with Crippen molar-refractivity contribution in [2.75, 3.05) is 0 Å². The maximum absolute atomic E-state index is 12.4. The van der Waals surface area contributed by atoms with Crippen molar-refractivity contribution < 1.29 is 19.4 Å². The molecular weight excluding hydrogens is 387 g/mol. The number of carboxylic acids is 1. The molecular formula is C24H21FO3S. The van der Waals surface area contributed by atoms with Gasteiger partial charge in [-0.15, -0.1) is 11.3 Å². The standard InChI is InChI=1S/C14H10OS.C10H11FO2/c15-12-7-5-10(6-8-12)14-9-11-3-1-2-4-13(11)16-14;11-9-6-4-8(5-7-9)2-1-3-10(12)13/h1-9,15H;4-7H,1-3H2,(H,12,13). The molecule has 3 aromatic carbocycles. The lowest BCUT2D eigenvalue weighted by Gasteiger charge is -1.98. The highest BCUT2D eigenvalue weighted by molar-refractivity contribution is 7.22. The van der Waals surface area contributed by atoms with E-state index in [1.807, 2.05) is 12.1 Å². The largest absolute Gasteiger partial charge is 0.508 e. The highest BCUT2D eigenvalue weighted by Gasteiger charge is 2.03. The van der Waals surface area contributed by atoms with Gasteiger partial charge in [-0.1, -0.05) is 30.3 Å². The summed E-state index contributed by atoms with van der Waals surface area (Å²) in [5.41, 5.74) is 2.13. The summed E-state index contributed by atoms with van der Waals surface area (Å²) in [6.07, 6.45) is 1.45. The van der Waals surface area contributed by atoms with E-state index in [4.69, 9.17) is 5.11 Å². The summed E-state index contributed by atoms with van der Waals surface area (Å²) >= 11 is 1.77. The Kier molecular flexibility index (Phi) is 6.98. The Morgan fingerprint density at radius 2 is 1.62 bits per heavy atom. The number of aliphatic carboxylic acids is 1. The number of hydrogen-bond donors (Lipinski definition) is 2. The number of aryl methyl sites for hydroxylation is 1. The molecule has 4 rings (SSSR count). The Bertz CT molecular complexity index is 1040. The van der Waals surface area contributed by atoms with Gasteiger partial charge in [-0.25, -0.2) is 4.39 Å². The van der Waals surface area contributed by atoms with Gasteiger partial charge in [0.15, 0.2) is 0 Å². The minimum Gasteiger partial charge on any atom is -0.508 e. The molecule has 0 amide bonds. The van der Waals surface area contributed by atoms with Crippen LogP contribution in [0.5, 0.6) is 5.75 Å². The Labute approximate surface area is 172 Å². The molecule has 0 fully saturated rings. The lowest BCUT2D eigenvalue weighted by atomic mass is 10.1. The number of halogens is 1. The summed E-state index contributed by atoms with van der Waals surface area (Å²) in [4.78, 5) is 11.4. The topological polar surface area (TPSA) is 57.5 Å². The lowest BCUT2D eigenvalue weighted by Crippen LogP contribution is -1.95. The summed E-state index contributed by atoms with van der Waals surface area (Å²) in [5, 5.41) is 18.9. The van der Waals surface area contributed by atoms with Crippen LogP contribution in [0.25, 0.3) is 20.5 Å². The molecule has 0 saturated carbocycles. The average Bonchev–Trinajstić information content (AvgIpc) is 3.14. The van der Waals surface area contributed by atoms with Crippen molar-refractivity contribution in [2.45, 2.75) is 19.3 Å². The van der Waals surface area contributed by atoms with Crippen molar-refractivity contribution in [3.05, 3.63) is 90.2 Å². The zero-order valence-corrected chi connectivity index (χ0v) is 16.5. The van der Waals surface area contributed by atoms with E-state index in [-0.39, 0.29) is 12.2 Å². The quantitative estimate of drug-likeness (QED) is 0.396. The maximum Gasteiger partial charge on any atom is 0.303 e. The number of phenolic OH excluding ortho intramolecular Hbond substituents is 1. The zero-order valence-electron chi connectivity index (χ0n) is 15.7. The van der Waals surface area contributed by atoms with Crippen LogP contribution in [0.15, 0.2) is 78.9 Å². The van der Waals surface area contributed by atoms with Gasteiger partial charge in [-0.3, -0.25) is 4.79 Å². The summed E-state index contributed by atoms with van der Waals surface area (Å²) in [5.74, 6) is -0.742. The van der Waals surface area contributed by atoms with Crippen LogP contribution in [0.2, 0.25) is 0 Å². The van der Waals surface area contributed by atoms with Crippen LogP contribution in [0.4, 0.5) is 4.39 Å². The second-order valence-corrected chi connectivity index (χ2v) is 7.65. The van der Waals surface area contributed by atoms with Gasteiger partial charge in [0.25, 0.3) is 0 Å². The molecule has 4 aromatic rings. The summed E-state index contributed by atoms with van der Waals surface area (Å²) in [6, 6.07) is 24.0. The molecule has 0 saturated heterocycles. The van der Waals surface area contributed by atoms with Gasteiger partial charge in [0.2, 0.25) is 0 Å². The Morgan fingerprint density at radius 1 is 0.931 bits per heavy atom. The van der Waals surface area contributed by atoms with Crippen LogP contribution < -0.4 is 0 Å². The first kappa shape index (κ1) is 20.6. The fourth-order valence-electron chi connectivity index (χ4n) is 2.84. The van der Waals surface area contributed by atoms with Crippen molar-refractivity contribution in [3.63, 3.8) is 0 Å². The Morgan fingerprint density at radius 3 is 2.28 bits per heavy atom. The van der Waals surface area contributed by atoms with Crippen LogP contribution in [0.3, 0.4) is 0 Å². The van der Waals surface area contributed by atoms with Gasteiger partial charge in [0.05, 0.1) is 0 Å². The highest BCUT2D eigenvalue weighted by atomic mass is 32.1. The third-order valence-electron chi connectivity index (χ3n) is 4.35. The zero-order chi connectivity index (χ0) is 20.6. The second-order valence-electron chi connectivity index (χ2n) is 6.57. The minimum atomic E-state index is -0.790. The molecule has 5 heteroatoms. The molecule has 0 spiro atoms. The molecule has 148 valence electrons. The van der Waals surface area contributed by atoms with E-state index in [0.717, 1.165) is 11.1 Å². The normalized spacial score (nSPS) is 10.4. The first-order valence-electron chi connectivity index (χ1n) is 9.25. The number of thiophene rings is 1. The van der Waals surface area contributed by atoms with E-state index in [9.17, 15) is 14.3 Å². The van der Waals surface area contributed by atoms with Crippen molar-refractivity contribution in [2.24, 2.45) is 0 Å². The van der Waals surface area contributed by atoms with Crippen LogP contribution in [-0.4, -0.2) is 16.2 Å². The number of rotatable bonds is 5. The number of carboxylic acid groups (broad SMARTS) is 1. The highest BCUT2D eigenvalue weighted by Crippen LogP contribution is 2.33. The second kappa shape index (κ2) is 9.85. The van der Waals surface area contributed by atoms with Crippen molar-refractivity contribution >= 4 is 27.4 Å². The molecule has 2 N–H and O–H groups in total. The molecule has 29 heavy (non-hydrogen) atoms. The van der Waals surface area contributed by atoms with Crippen molar-refractivity contribution in [3.8, 4) is 16.2 Å². The van der Waals surface area contributed by atoms with Crippen LogP contribution >= 0.6 is 11.3 Å². The van der Waals surface area contributed by atoms with Gasteiger partial charge in [-0.05, 0) is 77.9 Å². The SMILES string of the molecule is O=C(O)CCCc1ccc(F)cc1.Oc1ccc(-c2cc3ccccc3s2)cc1. The first-order valence-corrected chi connectivity index (χ1v) is 10.1. The van der Waals surface area contributed by atoms with E-state index < -0.39 is 5.97 Å². The van der Waals surface area contributed by atoms with Crippen LogP contribution in [0, 0.1) is 5.82 Å². The monoisotopic (exact) mass is 408 g/mol. The summed E-state index contributed by atoms with van der Waals surface area (Å²) in [7, 11) is 0. The molecule has 0 bridgehead atoms. The average molecular weight is 408 g/mol. The molecule has 3 nitrogen and oxygen atoms in total. The molecule has 1 aromatic heterocycles. The summed E-state index contributed by atoms with van der Waals surface area (Å²) < 4.78 is 13.7. The summed E-state index contributed by atoms with van der Waals surface area (Å²) in [6.45, 7) is 0. The number of hydrogen-bond acceptors (Lipinski definition) is 3. The van der Waals surface area contributed by atoms with E-state index in [1.165, 1.54) is 27.1 Å². The fourth-order valence-corrected chi connectivity index (χ4v) is 3.91. The predicted molar refractivity (Wildman–Crippen MR) is 116 cm³/mol. The van der Waals surface area contributed by atoms with Crippen molar-refractivity contribution in [1.82, 2.24) is 0 Å². The van der Waals surface area contributed by atoms with Crippen molar-refractivity contribution in [1.29, 1.82) is 0 Å². The lowest BCUT2D eigenvalue weighted by molar-refractivity contribution is -0.137. The van der Waals surface area contributed by atoms with E-state index in [2.05, 4.69) is 30.3 Å². The van der Waals surface area contributed by atoms with Gasteiger partial charge in [-0.2, -0.15) is 0 Å². The van der Waals surface area contributed by atoms with Gasteiger partial charge in [0, 0.05) is 16.0 Å². The Hall–Kier alpha value is -3.18. The number of fused-ring (bicyclic) bond motifs is 1. The third kappa shape index (κ3) is 6.16. The maximum atomic E-state index is 12.4. The number of aromatic hydroxyl groups is 1. The number of benzene rings is 3. The van der Waals surface area contributed by atoms with Gasteiger partial charge in [0.1, 0.15) is 11.6 Å². The van der Waals surface area contributed by atoms with E-state index in [0.29, 0.717) is 18.6 Å². The predicted octanol–water partition coefficient (Wildman–Crippen LogP) is 6.51. The van der Waals surface area contributed by atoms with Crippen LogP contribution in [-0.2, 0) is 11.2 Å². The first-order chi connectivity index (χ1) is 14.0. The molecule has 0 atom stereocenters.